The quantitative estimate of drug-likeness (QED) is 0.0928. The van der Waals surface area contributed by atoms with Crippen LogP contribution in [0.2, 0.25) is 0 Å². The molecule has 40 heavy (non-hydrogen) atoms. The van der Waals surface area contributed by atoms with Crippen LogP contribution in [0, 0.1) is 0 Å². The molecule has 0 saturated carbocycles. The third-order valence-electron chi connectivity index (χ3n) is 6.38. The van der Waals surface area contributed by atoms with E-state index >= 15 is 0 Å². The van der Waals surface area contributed by atoms with Crippen LogP contribution in [-0.4, -0.2) is 47.6 Å². The van der Waals surface area contributed by atoms with Gasteiger partial charge in [0.25, 0.3) is 0 Å². The lowest BCUT2D eigenvalue weighted by atomic mass is 9.87. The maximum atomic E-state index is 13.8. The molecule has 0 rings (SSSR count). The van der Waals surface area contributed by atoms with E-state index in [1.165, 1.54) is 0 Å². The van der Waals surface area contributed by atoms with Crippen molar-refractivity contribution in [2.24, 2.45) is 0 Å². The summed E-state index contributed by atoms with van der Waals surface area (Å²) < 4.78 is 225. The summed E-state index contributed by atoms with van der Waals surface area (Å²) in [5, 5.41) is 0. The predicted octanol–water partition coefficient (Wildman–Crippen LogP) is 11.5. The molecule has 0 saturated heterocycles. The number of hydrogen-bond acceptors (Lipinski definition) is 0. The average Bonchev–Trinajstić information content (AvgIpc) is 2.80. The summed E-state index contributed by atoms with van der Waals surface area (Å²) in [6, 6.07) is 0. The largest absolute Gasteiger partial charge is 0.460 e. The molecule has 0 N–H and O–H groups in total. The highest BCUT2D eigenvalue weighted by Gasteiger charge is 2.95. The SMILES string of the molecule is CCCCCCCCCCCCCCCC(F)(F)C(F)(F)C(F)(F)C(F)(F)C(F)(F)C(F)(F)C(F)(F)C(F)(F)F. The average molecular weight is 630 g/mol. The van der Waals surface area contributed by atoms with Crippen molar-refractivity contribution >= 4 is 0 Å². The Morgan fingerprint density at radius 3 is 0.850 bits per heavy atom. The number of alkyl halides is 17. The molecular formula is C23H31F17. The molecule has 0 fully saturated rings. The highest BCUT2D eigenvalue weighted by molar-refractivity contribution is 5.15. The first-order valence-corrected chi connectivity index (χ1v) is 12.5. The first-order chi connectivity index (χ1) is 17.8. The summed E-state index contributed by atoms with van der Waals surface area (Å²) >= 11 is 0. The van der Waals surface area contributed by atoms with Crippen molar-refractivity contribution in [3.8, 4) is 0 Å². The second-order valence-corrected chi connectivity index (χ2v) is 9.64. The Labute approximate surface area is 220 Å². The Morgan fingerprint density at radius 2 is 0.550 bits per heavy atom. The zero-order valence-corrected chi connectivity index (χ0v) is 21.3. The lowest BCUT2D eigenvalue weighted by molar-refractivity contribution is -0.461. The van der Waals surface area contributed by atoms with Gasteiger partial charge >= 0.3 is 47.6 Å². The molecule has 0 aromatic carbocycles. The third kappa shape index (κ3) is 7.80. The van der Waals surface area contributed by atoms with E-state index in [4.69, 9.17) is 0 Å². The lowest BCUT2D eigenvalue weighted by Crippen LogP contribution is -2.74. The molecule has 0 aliphatic carbocycles. The maximum Gasteiger partial charge on any atom is 0.460 e. The molecule has 0 spiro atoms. The van der Waals surface area contributed by atoms with E-state index in [0.29, 0.717) is 12.8 Å². The summed E-state index contributed by atoms with van der Waals surface area (Å²) in [7, 11) is 0. The van der Waals surface area contributed by atoms with E-state index in [9.17, 15) is 74.6 Å². The summed E-state index contributed by atoms with van der Waals surface area (Å²) in [4.78, 5) is 0. The van der Waals surface area contributed by atoms with E-state index in [-0.39, 0.29) is 12.8 Å². The summed E-state index contributed by atoms with van der Waals surface area (Å²) in [5.74, 6) is -55.7. The first-order valence-electron chi connectivity index (χ1n) is 12.5. The van der Waals surface area contributed by atoms with Crippen LogP contribution in [0.5, 0.6) is 0 Å². The second-order valence-electron chi connectivity index (χ2n) is 9.64. The fourth-order valence-corrected chi connectivity index (χ4v) is 3.72. The Hall–Kier alpha value is -1.19. The zero-order chi connectivity index (χ0) is 31.9. The van der Waals surface area contributed by atoms with Crippen LogP contribution < -0.4 is 0 Å². The second kappa shape index (κ2) is 13.9. The molecule has 17 heteroatoms. The highest BCUT2D eigenvalue weighted by Crippen LogP contribution is 2.64. The number of rotatable bonds is 20. The monoisotopic (exact) mass is 630 g/mol. The van der Waals surface area contributed by atoms with Gasteiger partial charge in [0.15, 0.2) is 0 Å². The van der Waals surface area contributed by atoms with E-state index in [1.807, 2.05) is 0 Å². The smallest absolute Gasteiger partial charge is 0.200 e. The van der Waals surface area contributed by atoms with Crippen LogP contribution in [0.15, 0.2) is 0 Å². The molecule has 242 valence electrons. The van der Waals surface area contributed by atoms with Gasteiger partial charge in [-0.1, -0.05) is 84.0 Å². The minimum absolute atomic E-state index is 0.0987. The van der Waals surface area contributed by atoms with Gasteiger partial charge in [0, 0.05) is 6.42 Å². The lowest BCUT2D eigenvalue weighted by Gasteiger charge is -2.42. The fraction of sp³-hybridized carbons (Fsp3) is 1.00. The molecule has 0 unspecified atom stereocenters. The van der Waals surface area contributed by atoms with Gasteiger partial charge in [0.2, 0.25) is 0 Å². The zero-order valence-electron chi connectivity index (χ0n) is 21.3. The van der Waals surface area contributed by atoms with Crippen molar-refractivity contribution in [3.05, 3.63) is 0 Å². The van der Waals surface area contributed by atoms with Crippen molar-refractivity contribution in [1.82, 2.24) is 0 Å². The first kappa shape index (κ1) is 38.8. The minimum atomic E-state index is -8.57. The Kier molecular flexibility index (Phi) is 13.4. The minimum Gasteiger partial charge on any atom is -0.200 e. The van der Waals surface area contributed by atoms with Crippen LogP contribution in [0.25, 0.3) is 0 Å². The highest BCUT2D eigenvalue weighted by atomic mass is 19.4. The molecular weight excluding hydrogens is 599 g/mol. The van der Waals surface area contributed by atoms with Crippen LogP contribution >= 0.6 is 0 Å². The van der Waals surface area contributed by atoms with Gasteiger partial charge in [-0.25, -0.2) is 0 Å². The number of hydrogen-bond donors (Lipinski definition) is 0. The molecule has 0 aliphatic heterocycles. The molecule has 0 aromatic rings. The fourth-order valence-electron chi connectivity index (χ4n) is 3.72. The summed E-state index contributed by atoms with van der Waals surface area (Å²) in [6.07, 6.45) is -2.43. The van der Waals surface area contributed by atoms with Gasteiger partial charge in [-0.3, -0.25) is 0 Å². The van der Waals surface area contributed by atoms with Gasteiger partial charge < -0.3 is 0 Å². The van der Waals surface area contributed by atoms with Crippen LogP contribution in [0.1, 0.15) is 96.8 Å². The van der Waals surface area contributed by atoms with Crippen molar-refractivity contribution in [1.29, 1.82) is 0 Å². The Balaban J connectivity index is 5.22. The third-order valence-corrected chi connectivity index (χ3v) is 6.38. The van der Waals surface area contributed by atoms with Gasteiger partial charge in [0.05, 0.1) is 0 Å². The maximum absolute atomic E-state index is 13.8. The topological polar surface area (TPSA) is 0 Å². The van der Waals surface area contributed by atoms with E-state index in [0.717, 1.165) is 51.4 Å². The number of halogens is 17. The summed E-state index contributed by atoms with van der Waals surface area (Å²) in [6.45, 7) is 2.06. The van der Waals surface area contributed by atoms with Gasteiger partial charge in [-0.05, 0) is 6.42 Å². The summed E-state index contributed by atoms with van der Waals surface area (Å²) in [5.41, 5.74) is 0. The molecule has 0 bridgehead atoms. The van der Waals surface area contributed by atoms with Gasteiger partial charge in [-0.2, -0.15) is 74.6 Å². The van der Waals surface area contributed by atoms with E-state index < -0.39 is 60.5 Å². The molecule has 0 nitrogen and oxygen atoms in total. The van der Waals surface area contributed by atoms with Gasteiger partial charge in [0.1, 0.15) is 0 Å². The van der Waals surface area contributed by atoms with Crippen molar-refractivity contribution in [2.75, 3.05) is 0 Å². The van der Waals surface area contributed by atoms with Crippen molar-refractivity contribution < 1.29 is 74.6 Å². The standard InChI is InChI=1S/C23H31F17/c1-2-3-4-5-6-7-8-9-10-11-12-13-14-15-16(24,25)17(26,27)18(28,29)19(30,31)20(32,33)21(34,35)22(36,37)23(38,39)40/h2-15H2,1H3. The van der Waals surface area contributed by atoms with E-state index in [2.05, 4.69) is 6.92 Å². The van der Waals surface area contributed by atoms with Crippen molar-refractivity contribution in [2.45, 2.75) is 144 Å². The molecule has 0 amide bonds. The van der Waals surface area contributed by atoms with Crippen LogP contribution in [0.4, 0.5) is 74.6 Å². The molecule has 0 aromatic heterocycles. The van der Waals surface area contributed by atoms with Crippen molar-refractivity contribution in [3.63, 3.8) is 0 Å². The van der Waals surface area contributed by atoms with Gasteiger partial charge in [-0.15, -0.1) is 0 Å². The molecule has 0 heterocycles. The number of unbranched alkanes of at least 4 members (excludes halogenated alkanes) is 12. The predicted molar refractivity (Wildman–Crippen MR) is 111 cm³/mol. The molecule has 0 radical (unpaired) electrons. The van der Waals surface area contributed by atoms with Crippen LogP contribution in [-0.2, 0) is 0 Å². The van der Waals surface area contributed by atoms with E-state index in [1.54, 1.807) is 0 Å². The van der Waals surface area contributed by atoms with Crippen LogP contribution in [0.3, 0.4) is 0 Å². The Bertz CT molecular complexity index is 740. The Morgan fingerprint density at radius 1 is 0.300 bits per heavy atom. The normalized spacial score (nSPS) is 15.2. The molecule has 0 atom stereocenters. The molecule has 0 aliphatic rings.